The van der Waals surface area contributed by atoms with E-state index in [0.717, 1.165) is 17.1 Å². The second kappa shape index (κ2) is 5.89. The molecule has 24 heavy (non-hydrogen) atoms. The lowest BCUT2D eigenvalue weighted by Crippen LogP contribution is -1.91. The van der Waals surface area contributed by atoms with E-state index in [1.165, 1.54) is 11.3 Å². The molecule has 0 fully saturated rings. The molecule has 0 aromatic carbocycles. The Bertz CT molecular complexity index is 993. The zero-order valence-electron chi connectivity index (χ0n) is 13.0. The lowest BCUT2D eigenvalue weighted by atomic mass is 10.3. The molecule has 0 radical (unpaired) electrons. The highest BCUT2D eigenvalue weighted by molar-refractivity contribution is 7.11. The smallest absolute Gasteiger partial charge is 0.279 e. The van der Waals surface area contributed by atoms with Gasteiger partial charge in [0.15, 0.2) is 0 Å². The Kier molecular flexibility index (Phi) is 3.58. The molecule has 0 amide bonds. The minimum Gasteiger partial charge on any atom is -0.481 e. The van der Waals surface area contributed by atoms with Crippen molar-refractivity contribution in [2.24, 2.45) is 0 Å². The maximum absolute atomic E-state index is 5.75. The van der Waals surface area contributed by atoms with Crippen LogP contribution in [-0.2, 0) is 0 Å². The van der Waals surface area contributed by atoms with Gasteiger partial charge in [0, 0.05) is 23.8 Å². The third-order valence-electron chi connectivity index (χ3n) is 3.43. The second-order valence-electron chi connectivity index (χ2n) is 4.97. The molecular weight excluding hydrogens is 326 g/mol. The van der Waals surface area contributed by atoms with Crippen molar-refractivity contribution >= 4 is 17.1 Å². The summed E-state index contributed by atoms with van der Waals surface area (Å²) in [7, 11) is 1.57. The SMILES string of the molecule is COc1ccc(Oc2nc(-c3c(C)nc4ncccn34)cs2)cn1. The number of aromatic nitrogens is 5. The van der Waals surface area contributed by atoms with E-state index in [-0.39, 0.29) is 0 Å². The van der Waals surface area contributed by atoms with Crippen LogP contribution in [0.25, 0.3) is 17.2 Å². The normalized spacial score (nSPS) is 10.9. The van der Waals surface area contributed by atoms with Crippen LogP contribution in [0.3, 0.4) is 0 Å². The summed E-state index contributed by atoms with van der Waals surface area (Å²) in [5.74, 6) is 1.80. The number of pyridine rings is 1. The maximum atomic E-state index is 5.75. The predicted molar refractivity (Wildman–Crippen MR) is 89.7 cm³/mol. The molecule has 0 unspecified atom stereocenters. The van der Waals surface area contributed by atoms with Gasteiger partial charge in [-0.1, -0.05) is 11.3 Å². The van der Waals surface area contributed by atoms with Gasteiger partial charge in [-0.15, -0.1) is 0 Å². The summed E-state index contributed by atoms with van der Waals surface area (Å²) in [5.41, 5.74) is 2.59. The van der Waals surface area contributed by atoms with E-state index in [0.29, 0.717) is 22.6 Å². The molecule has 7 nitrogen and oxygen atoms in total. The summed E-state index contributed by atoms with van der Waals surface area (Å²) in [6.07, 6.45) is 5.24. The number of fused-ring (bicyclic) bond motifs is 1. The van der Waals surface area contributed by atoms with Gasteiger partial charge in [-0.25, -0.2) is 19.9 Å². The number of ether oxygens (including phenoxy) is 2. The molecule has 0 N–H and O–H groups in total. The molecular formula is C16H13N5O2S. The number of nitrogens with zero attached hydrogens (tertiary/aromatic N) is 5. The van der Waals surface area contributed by atoms with Gasteiger partial charge in [0.1, 0.15) is 11.4 Å². The highest BCUT2D eigenvalue weighted by Crippen LogP contribution is 2.31. The van der Waals surface area contributed by atoms with Crippen molar-refractivity contribution in [2.75, 3.05) is 7.11 Å². The molecule has 0 aliphatic heterocycles. The summed E-state index contributed by atoms with van der Waals surface area (Å²) >= 11 is 1.42. The third-order valence-corrected chi connectivity index (χ3v) is 4.14. The molecule has 8 heteroatoms. The molecule has 0 aliphatic carbocycles. The Balaban J connectivity index is 1.65. The van der Waals surface area contributed by atoms with E-state index >= 15 is 0 Å². The van der Waals surface area contributed by atoms with E-state index < -0.39 is 0 Å². The van der Waals surface area contributed by atoms with Gasteiger partial charge in [0.2, 0.25) is 11.7 Å². The lowest BCUT2D eigenvalue weighted by molar-refractivity contribution is 0.394. The van der Waals surface area contributed by atoms with Gasteiger partial charge >= 0.3 is 0 Å². The van der Waals surface area contributed by atoms with Crippen LogP contribution in [-0.4, -0.2) is 31.4 Å². The molecule has 4 rings (SSSR count). The van der Waals surface area contributed by atoms with Gasteiger partial charge in [0.05, 0.1) is 24.7 Å². The summed E-state index contributed by atoms with van der Waals surface area (Å²) in [6.45, 7) is 1.94. The Morgan fingerprint density at radius 1 is 1.17 bits per heavy atom. The molecule has 0 saturated heterocycles. The van der Waals surface area contributed by atoms with Crippen LogP contribution < -0.4 is 9.47 Å². The van der Waals surface area contributed by atoms with Gasteiger partial charge < -0.3 is 9.47 Å². The van der Waals surface area contributed by atoms with Gasteiger partial charge in [0.25, 0.3) is 5.19 Å². The monoisotopic (exact) mass is 339 g/mol. The van der Waals surface area contributed by atoms with Crippen molar-refractivity contribution in [3.63, 3.8) is 0 Å². The van der Waals surface area contributed by atoms with Crippen molar-refractivity contribution < 1.29 is 9.47 Å². The summed E-state index contributed by atoms with van der Waals surface area (Å²) in [6, 6.07) is 5.39. The number of rotatable bonds is 4. The van der Waals surface area contributed by atoms with Crippen LogP contribution in [0, 0.1) is 6.92 Å². The first kappa shape index (κ1) is 14.6. The number of imidazole rings is 1. The third kappa shape index (κ3) is 2.56. The molecule has 120 valence electrons. The minimum absolute atomic E-state index is 0.537. The van der Waals surface area contributed by atoms with Crippen LogP contribution in [0.4, 0.5) is 0 Å². The highest BCUT2D eigenvalue weighted by atomic mass is 32.1. The van der Waals surface area contributed by atoms with E-state index in [2.05, 4.69) is 19.9 Å². The number of aryl methyl sites for hydroxylation is 1. The van der Waals surface area contributed by atoms with Crippen molar-refractivity contribution in [3.8, 4) is 28.2 Å². The van der Waals surface area contributed by atoms with Crippen LogP contribution in [0.2, 0.25) is 0 Å². The summed E-state index contributed by atoms with van der Waals surface area (Å²) in [5, 5.41) is 2.48. The largest absolute Gasteiger partial charge is 0.481 e. The van der Waals surface area contributed by atoms with Crippen molar-refractivity contribution in [1.82, 2.24) is 24.3 Å². The number of hydrogen-bond acceptors (Lipinski definition) is 7. The van der Waals surface area contributed by atoms with E-state index in [9.17, 15) is 0 Å². The fraction of sp³-hybridized carbons (Fsp3) is 0.125. The average molecular weight is 339 g/mol. The van der Waals surface area contributed by atoms with Gasteiger partial charge in [-0.2, -0.15) is 0 Å². The standard InChI is InChI=1S/C16H13N5O2S/c1-10-14(21-7-3-6-17-15(21)19-10)12-9-24-16(20-12)23-11-4-5-13(22-2)18-8-11/h3-9H,1-2H3. The van der Waals surface area contributed by atoms with E-state index in [4.69, 9.17) is 9.47 Å². The number of hydrogen-bond donors (Lipinski definition) is 0. The van der Waals surface area contributed by atoms with Gasteiger partial charge in [-0.05, 0) is 19.1 Å². The first-order chi connectivity index (χ1) is 11.7. The average Bonchev–Trinajstić information content (AvgIpc) is 3.18. The zero-order valence-corrected chi connectivity index (χ0v) is 13.8. The topological polar surface area (TPSA) is 74.4 Å². The molecule has 0 saturated carbocycles. The highest BCUT2D eigenvalue weighted by Gasteiger charge is 2.15. The molecule has 0 atom stereocenters. The molecule has 0 aliphatic rings. The van der Waals surface area contributed by atoms with Crippen LogP contribution in [0.5, 0.6) is 16.8 Å². The van der Waals surface area contributed by atoms with Crippen molar-refractivity contribution in [2.45, 2.75) is 6.92 Å². The fourth-order valence-corrected chi connectivity index (χ4v) is 3.04. The van der Waals surface area contributed by atoms with Gasteiger partial charge in [-0.3, -0.25) is 4.40 Å². The Morgan fingerprint density at radius 2 is 2.08 bits per heavy atom. The molecule has 4 aromatic rings. The van der Waals surface area contributed by atoms with Crippen molar-refractivity contribution in [1.29, 1.82) is 0 Å². The molecule has 4 heterocycles. The molecule has 0 bridgehead atoms. The Hall–Kier alpha value is -3.00. The predicted octanol–water partition coefficient (Wildman–Crippen LogP) is 3.36. The molecule has 0 spiro atoms. The van der Waals surface area contributed by atoms with Crippen LogP contribution >= 0.6 is 11.3 Å². The van der Waals surface area contributed by atoms with E-state index in [1.54, 1.807) is 31.6 Å². The fourth-order valence-electron chi connectivity index (χ4n) is 2.37. The van der Waals surface area contributed by atoms with Crippen molar-refractivity contribution in [3.05, 3.63) is 47.9 Å². The second-order valence-corrected chi connectivity index (χ2v) is 5.79. The first-order valence-electron chi connectivity index (χ1n) is 7.18. The first-order valence-corrected chi connectivity index (χ1v) is 8.06. The quantitative estimate of drug-likeness (QED) is 0.567. The lowest BCUT2D eigenvalue weighted by Gasteiger charge is -2.02. The van der Waals surface area contributed by atoms with Crippen LogP contribution in [0.15, 0.2) is 42.2 Å². The number of methoxy groups -OCH3 is 1. The Morgan fingerprint density at radius 3 is 2.88 bits per heavy atom. The maximum Gasteiger partial charge on any atom is 0.279 e. The van der Waals surface area contributed by atoms with Crippen LogP contribution in [0.1, 0.15) is 5.69 Å². The zero-order chi connectivity index (χ0) is 16.5. The minimum atomic E-state index is 0.537. The Labute approximate surface area is 141 Å². The number of thiazole rings is 1. The van der Waals surface area contributed by atoms with E-state index in [1.807, 2.05) is 29.0 Å². The summed E-state index contributed by atoms with van der Waals surface area (Å²) in [4.78, 5) is 17.4. The summed E-state index contributed by atoms with van der Waals surface area (Å²) < 4.78 is 12.7. The molecule has 4 aromatic heterocycles.